The minimum atomic E-state index is 0.797. The largest absolute Gasteiger partial charge is 0.319 e. The fourth-order valence-corrected chi connectivity index (χ4v) is 2.64. The molecule has 1 saturated carbocycles. The Morgan fingerprint density at radius 2 is 2.21 bits per heavy atom. The summed E-state index contributed by atoms with van der Waals surface area (Å²) in [6.45, 7) is 1.17. The number of benzene rings is 1. The van der Waals surface area contributed by atoms with E-state index in [2.05, 4.69) is 45.5 Å². The summed E-state index contributed by atoms with van der Waals surface area (Å²) >= 11 is 3.52. The standard InChI is InChI=1S/C12H16BrN/c1-14-8-9-5-11(6-9)10-3-2-4-12(13)7-10/h2-4,7,9,11,14H,5-6,8H2,1H3. The summed E-state index contributed by atoms with van der Waals surface area (Å²) in [5.41, 5.74) is 1.49. The van der Waals surface area contributed by atoms with E-state index < -0.39 is 0 Å². The van der Waals surface area contributed by atoms with E-state index in [1.165, 1.54) is 29.4 Å². The summed E-state index contributed by atoms with van der Waals surface area (Å²) in [7, 11) is 2.03. The maximum absolute atomic E-state index is 3.52. The monoisotopic (exact) mass is 253 g/mol. The lowest BCUT2D eigenvalue weighted by atomic mass is 9.71. The van der Waals surface area contributed by atoms with Crippen LogP contribution in [0.2, 0.25) is 0 Å². The lowest BCUT2D eigenvalue weighted by Crippen LogP contribution is -2.30. The van der Waals surface area contributed by atoms with Crippen molar-refractivity contribution in [1.82, 2.24) is 5.32 Å². The van der Waals surface area contributed by atoms with E-state index >= 15 is 0 Å². The summed E-state index contributed by atoms with van der Waals surface area (Å²) in [6.07, 6.45) is 2.69. The Kier molecular flexibility index (Phi) is 3.24. The molecule has 0 aromatic heterocycles. The lowest BCUT2D eigenvalue weighted by Gasteiger charge is -2.35. The van der Waals surface area contributed by atoms with E-state index in [1.54, 1.807) is 0 Å². The van der Waals surface area contributed by atoms with Crippen molar-refractivity contribution in [2.75, 3.05) is 13.6 Å². The molecule has 0 radical (unpaired) electrons. The van der Waals surface area contributed by atoms with Gasteiger partial charge in [0.15, 0.2) is 0 Å². The molecule has 14 heavy (non-hydrogen) atoms. The van der Waals surface area contributed by atoms with Crippen LogP contribution >= 0.6 is 15.9 Å². The van der Waals surface area contributed by atoms with Gasteiger partial charge in [-0.15, -0.1) is 0 Å². The summed E-state index contributed by atoms with van der Waals surface area (Å²) in [5.74, 6) is 1.69. The fourth-order valence-electron chi connectivity index (χ4n) is 2.22. The Bertz CT molecular complexity index is 305. The minimum Gasteiger partial charge on any atom is -0.319 e. The quantitative estimate of drug-likeness (QED) is 0.873. The predicted molar refractivity (Wildman–Crippen MR) is 63.5 cm³/mol. The molecule has 0 aliphatic heterocycles. The number of nitrogens with one attached hydrogen (secondary N) is 1. The normalized spacial score (nSPS) is 25.9. The highest BCUT2D eigenvalue weighted by Crippen LogP contribution is 2.41. The summed E-state index contributed by atoms with van der Waals surface area (Å²) in [6, 6.07) is 8.71. The van der Waals surface area contributed by atoms with Crippen LogP contribution in [0.1, 0.15) is 24.3 Å². The highest BCUT2D eigenvalue weighted by molar-refractivity contribution is 9.10. The van der Waals surface area contributed by atoms with Crippen molar-refractivity contribution in [2.45, 2.75) is 18.8 Å². The van der Waals surface area contributed by atoms with Crippen molar-refractivity contribution in [3.05, 3.63) is 34.3 Å². The van der Waals surface area contributed by atoms with Crippen LogP contribution in [-0.4, -0.2) is 13.6 Å². The van der Waals surface area contributed by atoms with E-state index in [0.717, 1.165) is 11.8 Å². The van der Waals surface area contributed by atoms with Gasteiger partial charge in [-0.2, -0.15) is 0 Å². The second kappa shape index (κ2) is 4.45. The van der Waals surface area contributed by atoms with Crippen LogP contribution < -0.4 is 5.32 Å². The van der Waals surface area contributed by atoms with Crippen LogP contribution in [0.15, 0.2) is 28.7 Å². The molecule has 1 nitrogen and oxygen atoms in total. The molecule has 0 saturated heterocycles. The van der Waals surface area contributed by atoms with Crippen molar-refractivity contribution in [2.24, 2.45) is 5.92 Å². The Balaban J connectivity index is 1.93. The molecule has 2 rings (SSSR count). The first-order valence-electron chi connectivity index (χ1n) is 5.19. The Hall–Kier alpha value is -0.340. The van der Waals surface area contributed by atoms with Crippen molar-refractivity contribution in [3.8, 4) is 0 Å². The molecule has 1 aliphatic rings. The molecule has 1 N–H and O–H groups in total. The highest BCUT2D eigenvalue weighted by atomic mass is 79.9. The van der Waals surface area contributed by atoms with Crippen molar-refractivity contribution in [3.63, 3.8) is 0 Å². The van der Waals surface area contributed by atoms with Gasteiger partial charge in [0.25, 0.3) is 0 Å². The molecule has 0 amide bonds. The smallest absolute Gasteiger partial charge is 0.0178 e. The van der Waals surface area contributed by atoms with E-state index in [4.69, 9.17) is 0 Å². The molecule has 1 aromatic carbocycles. The van der Waals surface area contributed by atoms with Gasteiger partial charge in [0.2, 0.25) is 0 Å². The van der Waals surface area contributed by atoms with Gasteiger partial charge in [0.05, 0.1) is 0 Å². The summed E-state index contributed by atoms with van der Waals surface area (Å²) in [5, 5.41) is 3.24. The summed E-state index contributed by atoms with van der Waals surface area (Å²) in [4.78, 5) is 0. The van der Waals surface area contributed by atoms with Crippen LogP contribution in [0.5, 0.6) is 0 Å². The van der Waals surface area contributed by atoms with E-state index in [-0.39, 0.29) is 0 Å². The Labute approximate surface area is 94.0 Å². The van der Waals surface area contributed by atoms with Crippen LogP contribution in [0.3, 0.4) is 0 Å². The molecular weight excluding hydrogens is 238 g/mol. The number of halogens is 1. The molecule has 2 heteroatoms. The molecule has 1 aromatic rings. The first-order chi connectivity index (χ1) is 6.79. The van der Waals surface area contributed by atoms with Gasteiger partial charge in [-0.05, 0) is 56.0 Å². The number of rotatable bonds is 3. The van der Waals surface area contributed by atoms with Crippen LogP contribution in [-0.2, 0) is 0 Å². The van der Waals surface area contributed by atoms with Gasteiger partial charge in [-0.25, -0.2) is 0 Å². The Morgan fingerprint density at radius 1 is 1.43 bits per heavy atom. The number of hydrogen-bond donors (Lipinski definition) is 1. The van der Waals surface area contributed by atoms with Crippen LogP contribution in [0, 0.1) is 5.92 Å². The molecule has 0 heterocycles. The third kappa shape index (κ3) is 2.18. The molecule has 1 aliphatic carbocycles. The van der Waals surface area contributed by atoms with Crippen LogP contribution in [0.4, 0.5) is 0 Å². The molecule has 0 bridgehead atoms. The lowest BCUT2D eigenvalue weighted by molar-refractivity contribution is 0.259. The zero-order valence-electron chi connectivity index (χ0n) is 8.46. The predicted octanol–water partition coefficient (Wildman–Crippen LogP) is 3.16. The van der Waals surface area contributed by atoms with Gasteiger partial charge >= 0.3 is 0 Å². The van der Waals surface area contributed by atoms with Gasteiger partial charge in [-0.1, -0.05) is 28.1 Å². The van der Waals surface area contributed by atoms with Crippen molar-refractivity contribution >= 4 is 15.9 Å². The first-order valence-corrected chi connectivity index (χ1v) is 5.99. The average molecular weight is 254 g/mol. The maximum Gasteiger partial charge on any atom is 0.0178 e. The summed E-state index contributed by atoms with van der Waals surface area (Å²) < 4.78 is 1.20. The topological polar surface area (TPSA) is 12.0 Å². The maximum atomic E-state index is 3.52. The average Bonchev–Trinajstić information content (AvgIpc) is 2.10. The van der Waals surface area contributed by atoms with Gasteiger partial charge in [0.1, 0.15) is 0 Å². The van der Waals surface area contributed by atoms with Gasteiger partial charge < -0.3 is 5.32 Å². The third-order valence-corrected chi connectivity index (χ3v) is 3.54. The second-order valence-electron chi connectivity index (χ2n) is 4.15. The first kappa shape index (κ1) is 10.2. The Morgan fingerprint density at radius 3 is 2.86 bits per heavy atom. The molecule has 76 valence electrons. The molecular formula is C12H16BrN. The van der Waals surface area contributed by atoms with Crippen molar-refractivity contribution in [1.29, 1.82) is 0 Å². The van der Waals surface area contributed by atoms with Crippen molar-refractivity contribution < 1.29 is 0 Å². The van der Waals surface area contributed by atoms with E-state index in [9.17, 15) is 0 Å². The molecule has 0 atom stereocenters. The highest BCUT2D eigenvalue weighted by Gasteiger charge is 2.29. The van der Waals surface area contributed by atoms with Crippen LogP contribution in [0.25, 0.3) is 0 Å². The van der Waals surface area contributed by atoms with Gasteiger partial charge in [0, 0.05) is 4.47 Å². The molecule has 0 unspecified atom stereocenters. The van der Waals surface area contributed by atoms with E-state index in [0.29, 0.717) is 0 Å². The minimum absolute atomic E-state index is 0.797. The van der Waals surface area contributed by atoms with E-state index in [1.807, 2.05) is 7.05 Å². The molecule has 1 fully saturated rings. The zero-order chi connectivity index (χ0) is 9.97. The molecule has 0 spiro atoms. The third-order valence-electron chi connectivity index (χ3n) is 3.05. The zero-order valence-corrected chi connectivity index (χ0v) is 10.0. The van der Waals surface area contributed by atoms with Gasteiger partial charge in [-0.3, -0.25) is 0 Å². The fraction of sp³-hybridized carbons (Fsp3) is 0.500. The second-order valence-corrected chi connectivity index (χ2v) is 5.06. The number of hydrogen-bond acceptors (Lipinski definition) is 1. The SMILES string of the molecule is CNCC1CC(c2cccc(Br)c2)C1.